The molecule has 0 atom stereocenters. The predicted molar refractivity (Wildman–Crippen MR) is 39.6 cm³/mol. The molecule has 0 fully saturated rings. The highest BCUT2D eigenvalue weighted by Crippen LogP contribution is 2.06. The van der Waals surface area contributed by atoms with Gasteiger partial charge in [-0.3, -0.25) is 0 Å². The lowest BCUT2D eigenvalue weighted by Gasteiger charge is -2.02. The second-order valence-electron chi connectivity index (χ2n) is 2.61. The van der Waals surface area contributed by atoms with E-state index in [0.717, 1.165) is 15.9 Å². The van der Waals surface area contributed by atoms with Crippen molar-refractivity contribution in [3.63, 3.8) is 0 Å². The summed E-state index contributed by atoms with van der Waals surface area (Å²) in [4.78, 5) is 0. The van der Waals surface area contributed by atoms with Crippen molar-refractivity contribution in [2.75, 3.05) is 0 Å². The molecule has 2 heteroatoms. The summed E-state index contributed by atoms with van der Waals surface area (Å²) < 4.78 is 0.845. The molecule has 1 aromatic heterocycles. The number of aromatic nitrogens is 1. The van der Waals surface area contributed by atoms with E-state index in [0.29, 0.717) is 0 Å². The van der Waals surface area contributed by atoms with Gasteiger partial charge in [0.15, 0.2) is 12.4 Å². The molecule has 0 aromatic carbocycles. The lowest BCUT2D eigenvalue weighted by atomic mass is 10.1. The smallest absolute Gasteiger partial charge is 0.183 e. The third kappa shape index (κ3) is 1.10. The molecule has 0 aliphatic heterocycles. The Morgan fingerprint density at radius 3 is 1.90 bits per heavy atom. The Balaban J connectivity index is 3.31. The average Bonchev–Trinajstić information content (AvgIpc) is 1.82. The van der Waals surface area contributed by atoms with Crippen LogP contribution in [0.2, 0.25) is 0 Å². The summed E-state index contributed by atoms with van der Waals surface area (Å²) in [5.41, 5.74) is 3.30. The minimum absolute atomic E-state index is 0.845. The van der Waals surface area contributed by atoms with E-state index in [-0.39, 0.29) is 0 Å². The Labute approximate surface area is 60.7 Å². The van der Waals surface area contributed by atoms with Crippen LogP contribution < -0.4 is 4.73 Å². The molecule has 0 amide bonds. The number of nitrogens with zero attached hydrogens (tertiary/aromatic N) is 1. The maximum Gasteiger partial charge on any atom is 0.183 e. The van der Waals surface area contributed by atoms with Crippen molar-refractivity contribution in [2.24, 2.45) is 0 Å². The maximum absolute atomic E-state index is 10.8. The van der Waals surface area contributed by atoms with Gasteiger partial charge in [0, 0.05) is 11.1 Å². The van der Waals surface area contributed by atoms with Gasteiger partial charge >= 0.3 is 0 Å². The maximum atomic E-state index is 10.8. The van der Waals surface area contributed by atoms with Crippen molar-refractivity contribution in [1.29, 1.82) is 0 Å². The van der Waals surface area contributed by atoms with Crippen molar-refractivity contribution in [1.82, 2.24) is 0 Å². The van der Waals surface area contributed by atoms with Gasteiger partial charge in [-0.2, -0.15) is 4.73 Å². The topological polar surface area (TPSA) is 26.9 Å². The van der Waals surface area contributed by atoms with E-state index >= 15 is 0 Å². The second-order valence-corrected chi connectivity index (χ2v) is 2.61. The first-order valence-corrected chi connectivity index (χ1v) is 3.28. The number of hydrogen-bond donors (Lipinski definition) is 0. The van der Waals surface area contributed by atoms with Crippen LogP contribution in [0.15, 0.2) is 12.4 Å². The second kappa shape index (κ2) is 2.29. The zero-order valence-corrected chi connectivity index (χ0v) is 6.51. The number of pyridine rings is 1. The minimum Gasteiger partial charge on any atom is -0.619 e. The lowest BCUT2D eigenvalue weighted by molar-refractivity contribution is -0.606. The van der Waals surface area contributed by atoms with Gasteiger partial charge in [-0.15, -0.1) is 0 Å². The highest BCUT2D eigenvalue weighted by atomic mass is 16.5. The van der Waals surface area contributed by atoms with Gasteiger partial charge in [0.2, 0.25) is 0 Å². The lowest BCUT2D eigenvalue weighted by Crippen LogP contribution is -2.26. The standard InChI is InChI=1S/C8H11NO/c1-6-4-9(10)5-7(2)8(6)3/h4-5H,1-3H3. The molecule has 0 spiro atoms. The van der Waals surface area contributed by atoms with Crippen LogP contribution in [0.25, 0.3) is 0 Å². The van der Waals surface area contributed by atoms with Crippen LogP contribution in [0.4, 0.5) is 0 Å². The summed E-state index contributed by atoms with van der Waals surface area (Å²) in [7, 11) is 0. The average molecular weight is 137 g/mol. The molecule has 0 radical (unpaired) electrons. The van der Waals surface area contributed by atoms with Gasteiger partial charge in [0.05, 0.1) is 0 Å². The normalized spacial score (nSPS) is 9.90. The fourth-order valence-electron chi connectivity index (χ4n) is 0.924. The molecule has 2 nitrogen and oxygen atoms in total. The van der Waals surface area contributed by atoms with Gasteiger partial charge in [0.1, 0.15) is 0 Å². The van der Waals surface area contributed by atoms with Gasteiger partial charge in [-0.1, -0.05) is 0 Å². The van der Waals surface area contributed by atoms with Crippen LogP contribution >= 0.6 is 0 Å². The quantitative estimate of drug-likeness (QED) is 0.390. The zero-order chi connectivity index (χ0) is 7.72. The molecule has 0 aliphatic carbocycles. The Kier molecular flexibility index (Phi) is 1.62. The molecule has 0 saturated carbocycles. The predicted octanol–water partition coefficient (Wildman–Crippen LogP) is 1.25. The van der Waals surface area contributed by atoms with E-state index in [4.69, 9.17) is 0 Å². The monoisotopic (exact) mass is 137 g/mol. The molecule has 0 unspecified atom stereocenters. The molecule has 1 heterocycles. The highest BCUT2D eigenvalue weighted by Gasteiger charge is 2.00. The van der Waals surface area contributed by atoms with E-state index in [1.54, 1.807) is 12.4 Å². The molecule has 1 rings (SSSR count). The van der Waals surface area contributed by atoms with Gasteiger partial charge < -0.3 is 5.21 Å². The fraction of sp³-hybridized carbons (Fsp3) is 0.375. The van der Waals surface area contributed by atoms with E-state index in [2.05, 4.69) is 0 Å². The van der Waals surface area contributed by atoms with Gasteiger partial charge in [0.25, 0.3) is 0 Å². The van der Waals surface area contributed by atoms with Gasteiger partial charge in [-0.05, 0) is 26.3 Å². The van der Waals surface area contributed by atoms with Crippen LogP contribution in [0, 0.1) is 26.0 Å². The van der Waals surface area contributed by atoms with E-state index < -0.39 is 0 Å². The molecule has 0 saturated heterocycles. The largest absolute Gasteiger partial charge is 0.619 e. The first kappa shape index (κ1) is 7.06. The zero-order valence-electron chi connectivity index (χ0n) is 6.51. The van der Waals surface area contributed by atoms with Crippen molar-refractivity contribution in [3.8, 4) is 0 Å². The van der Waals surface area contributed by atoms with Crippen molar-refractivity contribution in [3.05, 3.63) is 34.3 Å². The summed E-state index contributed by atoms with van der Waals surface area (Å²) >= 11 is 0. The Morgan fingerprint density at radius 1 is 1.10 bits per heavy atom. The first-order valence-electron chi connectivity index (χ1n) is 3.28. The van der Waals surface area contributed by atoms with E-state index in [1.165, 1.54) is 5.56 Å². The third-order valence-corrected chi connectivity index (χ3v) is 1.82. The van der Waals surface area contributed by atoms with Gasteiger partial charge in [-0.25, -0.2) is 0 Å². The first-order chi connectivity index (χ1) is 4.61. The molecular weight excluding hydrogens is 126 g/mol. The SMILES string of the molecule is Cc1c[n+]([O-])cc(C)c1C. The Hall–Kier alpha value is -1.05. The third-order valence-electron chi connectivity index (χ3n) is 1.82. The fourth-order valence-corrected chi connectivity index (χ4v) is 0.924. The summed E-state index contributed by atoms with van der Waals surface area (Å²) in [6, 6.07) is 0. The van der Waals surface area contributed by atoms with E-state index in [1.807, 2.05) is 20.8 Å². The summed E-state index contributed by atoms with van der Waals surface area (Å²) in [5.74, 6) is 0. The molecule has 0 N–H and O–H groups in total. The van der Waals surface area contributed by atoms with Crippen LogP contribution in [0.1, 0.15) is 16.7 Å². The van der Waals surface area contributed by atoms with Crippen LogP contribution in [-0.4, -0.2) is 0 Å². The Morgan fingerprint density at radius 2 is 1.50 bits per heavy atom. The Bertz CT molecular complexity index is 232. The van der Waals surface area contributed by atoms with E-state index in [9.17, 15) is 5.21 Å². The summed E-state index contributed by atoms with van der Waals surface area (Å²) in [6.45, 7) is 5.90. The molecule has 10 heavy (non-hydrogen) atoms. The minimum atomic E-state index is 0.845. The van der Waals surface area contributed by atoms with Crippen molar-refractivity contribution >= 4 is 0 Å². The molecular formula is C8H11NO. The van der Waals surface area contributed by atoms with Crippen LogP contribution in [-0.2, 0) is 0 Å². The van der Waals surface area contributed by atoms with Crippen LogP contribution in [0.3, 0.4) is 0 Å². The number of hydrogen-bond acceptors (Lipinski definition) is 1. The highest BCUT2D eigenvalue weighted by molar-refractivity contribution is 5.25. The number of aryl methyl sites for hydroxylation is 2. The number of rotatable bonds is 0. The van der Waals surface area contributed by atoms with Crippen LogP contribution in [0.5, 0.6) is 0 Å². The molecule has 54 valence electrons. The molecule has 1 aromatic rings. The summed E-state index contributed by atoms with van der Waals surface area (Å²) in [5, 5.41) is 10.8. The molecule has 0 bridgehead atoms. The summed E-state index contributed by atoms with van der Waals surface area (Å²) in [6.07, 6.45) is 3.17. The van der Waals surface area contributed by atoms with Crippen molar-refractivity contribution < 1.29 is 4.73 Å². The molecule has 0 aliphatic rings. The van der Waals surface area contributed by atoms with Crippen molar-refractivity contribution in [2.45, 2.75) is 20.8 Å².